The summed E-state index contributed by atoms with van der Waals surface area (Å²) in [5.41, 5.74) is 1.78. The Morgan fingerprint density at radius 3 is 2.26 bits per heavy atom. The van der Waals surface area contributed by atoms with Crippen molar-refractivity contribution >= 4 is 23.3 Å². The number of halogens is 1. The van der Waals surface area contributed by atoms with Gasteiger partial charge in [0.2, 0.25) is 0 Å². The van der Waals surface area contributed by atoms with E-state index in [-0.39, 0.29) is 28.5 Å². The molecule has 2 saturated heterocycles. The Balaban J connectivity index is 1.29. The highest BCUT2D eigenvalue weighted by Crippen LogP contribution is 2.33. The van der Waals surface area contributed by atoms with Crippen LogP contribution in [0.1, 0.15) is 73.4 Å². The number of nitrogens with zero attached hydrogens (tertiary/aromatic N) is 1. The van der Waals surface area contributed by atoms with Gasteiger partial charge in [0, 0.05) is 30.8 Å². The number of aryl methyl sites for hydroxylation is 2. The van der Waals surface area contributed by atoms with Crippen LogP contribution in [-0.2, 0) is 4.74 Å². The van der Waals surface area contributed by atoms with Crippen molar-refractivity contribution in [3.63, 3.8) is 0 Å². The third-order valence-corrected chi connectivity index (χ3v) is 8.14. The molecule has 3 aromatic rings. The fourth-order valence-electron chi connectivity index (χ4n) is 5.72. The lowest BCUT2D eigenvalue weighted by atomic mass is 9.99. The van der Waals surface area contributed by atoms with Gasteiger partial charge >= 0.3 is 5.97 Å². The van der Waals surface area contributed by atoms with Gasteiger partial charge in [0.1, 0.15) is 23.2 Å². The van der Waals surface area contributed by atoms with Crippen molar-refractivity contribution in [1.29, 1.82) is 0 Å². The van der Waals surface area contributed by atoms with E-state index in [1.54, 1.807) is 26.0 Å². The zero-order valence-corrected chi connectivity index (χ0v) is 24.3. The predicted octanol–water partition coefficient (Wildman–Crippen LogP) is 4.39. The van der Waals surface area contributed by atoms with Crippen molar-refractivity contribution in [3.05, 3.63) is 87.7 Å². The van der Waals surface area contributed by atoms with Crippen LogP contribution in [0.2, 0.25) is 0 Å². The molecule has 1 amide bonds. The molecule has 0 unspecified atom stereocenters. The maximum atomic E-state index is 15.4. The Morgan fingerprint density at radius 2 is 1.58 bits per heavy atom. The topological polar surface area (TPSA) is 128 Å². The van der Waals surface area contributed by atoms with Gasteiger partial charge < -0.3 is 30.5 Å². The second-order valence-corrected chi connectivity index (χ2v) is 11.2. The van der Waals surface area contributed by atoms with Gasteiger partial charge in [-0.15, -0.1) is 0 Å². The van der Waals surface area contributed by atoms with Crippen LogP contribution in [0.4, 0.5) is 10.1 Å². The van der Waals surface area contributed by atoms with Crippen LogP contribution in [-0.4, -0.2) is 66.2 Å². The van der Waals surface area contributed by atoms with Crippen molar-refractivity contribution in [2.75, 3.05) is 31.1 Å². The third-order valence-electron chi connectivity index (χ3n) is 8.14. The van der Waals surface area contributed by atoms with E-state index in [9.17, 15) is 24.6 Å². The summed E-state index contributed by atoms with van der Waals surface area (Å²) in [4.78, 5) is 41.3. The lowest BCUT2D eigenvalue weighted by molar-refractivity contribution is 0.0192. The highest BCUT2D eigenvalue weighted by Gasteiger charge is 2.30. The standard InChI is InChI=1S/C33H36FN3O6/c1-19-16-23(17-20(2)30(19)39)32(41)36-24-18-35-13-5-6-27(24)43-33(42)22-9-7-21(8-10-22)31(40)28-26(38)12-11-25(29(28)34)37-14-3-4-15-37/h7-12,16-17,24,27,35,38-39H,3-6,13-15,18H2,1-2H3,(H,36,41)/t24-,27-/m1/s1. The zero-order valence-electron chi connectivity index (χ0n) is 24.3. The SMILES string of the molecule is Cc1cc(C(=O)N[C@@H]2CNCCC[C@H]2OC(=O)c2ccc(C(=O)c3c(O)ccc(N4CCCC4)c3F)cc2)cc(C)c1O. The zero-order chi connectivity index (χ0) is 30.7. The molecule has 2 atom stereocenters. The van der Waals surface area contributed by atoms with Crippen molar-refractivity contribution in [2.24, 2.45) is 0 Å². The molecule has 4 N–H and O–H groups in total. The molecule has 3 aromatic carbocycles. The van der Waals surface area contributed by atoms with Gasteiger partial charge in [-0.1, -0.05) is 12.1 Å². The second kappa shape index (κ2) is 12.8. The number of amides is 1. The molecule has 0 spiro atoms. The van der Waals surface area contributed by atoms with Crippen LogP contribution < -0.4 is 15.5 Å². The van der Waals surface area contributed by atoms with Gasteiger partial charge in [0.25, 0.3) is 5.91 Å². The van der Waals surface area contributed by atoms with E-state index in [1.165, 1.54) is 36.4 Å². The second-order valence-electron chi connectivity index (χ2n) is 11.2. The first kappa shape index (κ1) is 30.0. The van der Waals surface area contributed by atoms with Crippen molar-refractivity contribution in [3.8, 4) is 11.5 Å². The van der Waals surface area contributed by atoms with Gasteiger partial charge in [-0.2, -0.15) is 0 Å². The molecule has 9 nitrogen and oxygen atoms in total. The van der Waals surface area contributed by atoms with Crippen LogP contribution in [0.3, 0.4) is 0 Å². The number of ketones is 1. The molecular weight excluding hydrogens is 553 g/mol. The van der Waals surface area contributed by atoms with Crippen LogP contribution in [0.5, 0.6) is 11.5 Å². The number of phenolic OH excluding ortho intramolecular Hbond substituents is 2. The van der Waals surface area contributed by atoms with E-state index in [0.717, 1.165) is 19.3 Å². The summed E-state index contributed by atoms with van der Waals surface area (Å²) in [6.07, 6.45) is 2.53. The number of phenols is 2. The maximum Gasteiger partial charge on any atom is 0.338 e. The molecule has 2 aliphatic rings. The molecule has 0 aromatic heterocycles. The lowest BCUT2D eigenvalue weighted by Crippen LogP contribution is -2.49. The van der Waals surface area contributed by atoms with E-state index in [2.05, 4.69) is 10.6 Å². The average molecular weight is 590 g/mol. The quantitative estimate of drug-likeness (QED) is 0.236. The molecule has 5 rings (SSSR count). The Bertz CT molecular complexity index is 1510. The molecular formula is C33H36FN3O6. The largest absolute Gasteiger partial charge is 0.507 e. The van der Waals surface area contributed by atoms with Crippen LogP contribution in [0.15, 0.2) is 48.5 Å². The van der Waals surface area contributed by atoms with Gasteiger partial charge in [0.05, 0.1) is 17.3 Å². The molecule has 2 fully saturated rings. The Labute approximate surface area is 249 Å². The van der Waals surface area contributed by atoms with Gasteiger partial charge in [0.15, 0.2) is 11.6 Å². The van der Waals surface area contributed by atoms with E-state index < -0.39 is 41.0 Å². The number of hydrogen-bond donors (Lipinski definition) is 4. The summed E-state index contributed by atoms with van der Waals surface area (Å²) in [5, 5.41) is 26.6. The number of hydrogen-bond acceptors (Lipinski definition) is 8. The number of carbonyl (C=O) groups excluding carboxylic acids is 3. The first-order chi connectivity index (χ1) is 20.6. The first-order valence-corrected chi connectivity index (χ1v) is 14.6. The van der Waals surface area contributed by atoms with E-state index in [1.807, 2.05) is 4.90 Å². The average Bonchev–Trinajstić information content (AvgIpc) is 3.44. The molecule has 43 heavy (non-hydrogen) atoms. The minimum atomic E-state index is -0.761. The lowest BCUT2D eigenvalue weighted by Gasteiger charge is -2.26. The highest BCUT2D eigenvalue weighted by molar-refractivity contribution is 6.11. The minimum Gasteiger partial charge on any atom is -0.507 e. The molecule has 0 bridgehead atoms. The predicted molar refractivity (Wildman–Crippen MR) is 160 cm³/mol. The summed E-state index contributed by atoms with van der Waals surface area (Å²) >= 11 is 0. The summed E-state index contributed by atoms with van der Waals surface area (Å²) in [6.45, 7) is 5.92. The number of nitrogens with one attached hydrogen (secondary N) is 2. The first-order valence-electron chi connectivity index (χ1n) is 14.6. The number of esters is 1. The number of anilines is 1. The van der Waals surface area contributed by atoms with Crippen LogP contribution in [0, 0.1) is 19.7 Å². The monoisotopic (exact) mass is 589 g/mol. The number of ether oxygens (including phenoxy) is 1. The van der Waals surface area contributed by atoms with Gasteiger partial charge in [-0.25, -0.2) is 9.18 Å². The van der Waals surface area contributed by atoms with Crippen molar-refractivity contribution < 1.29 is 33.7 Å². The summed E-state index contributed by atoms with van der Waals surface area (Å²) in [7, 11) is 0. The Hall–Kier alpha value is -4.44. The van der Waals surface area contributed by atoms with E-state index in [4.69, 9.17) is 4.74 Å². The highest BCUT2D eigenvalue weighted by atomic mass is 19.1. The number of benzene rings is 3. The molecule has 0 radical (unpaired) electrons. The molecule has 226 valence electrons. The normalized spacial score (nSPS) is 18.6. The van der Waals surface area contributed by atoms with E-state index >= 15 is 4.39 Å². The fraction of sp³-hybridized carbons (Fsp3) is 0.364. The number of carbonyl (C=O) groups is 3. The molecule has 0 saturated carbocycles. The van der Waals surface area contributed by atoms with Crippen LogP contribution >= 0.6 is 0 Å². The number of aromatic hydroxyl groups is 2. The Morgan fingerprint density at radius 1 is 0.930 bits per heavy atom. The fourth-order valence-corrected chi connectivity index (χ4v) is 5.72. The van der Waals surface area contributed by atoms with E-state index in [0.29, 0.717) is 49.3 Å². The number of rotatable bonds is 7. The summed E-state index contributed by atoms with van der Waals surface area (Å²) in [6, 6.07) is 11.2. The van der Waals surface area contributed by atoms with Crippen molar-refractivity contribution in [2.45, 2.75) is 51.7 Å². The summed E-state index contributed by atoms with van der Waals surface area (Å²) < 4.78 is 21.2. The minimum absolute atomic E-state index is 0.118. The molecule has 0 aliphatic carbocycles. The third kappa shape index (κ3) is 6.49. The van der Waals surface area contributed by atoms with Crippen LogP contribution in [0.25, 0.3) is 0 Å². The van der Waals surface area contributed by atoms with Gasteiger partial charge in [-0.3, -0.25) is 9.59 Å². The van der Waals surface area contributed by atoms with Crippen molar-refractivity contribution in [1.82, 2.24) is 10.6 Å². The molecule has 2 heterocycles. The molecule has 10 heteroatoms. The summed E-state index contributed by atoms with van der Waals surface area (Å²) in [5.74, 6) is -2.71. The Kier molecular flexibility index (Phi) is 8.96. The van der Waals surface area contributed by atoms with Gasteiger partial charge in [-0.05, 0) is 93.6 Å². The maximum absolute atomic E-state index is 15.4. The smallest absolute Gasteiger partial charge is 0.338 e. The molecule has 2 aliphatic heterocycles.